The van der Waals surface area contributed by atoms with Crippen LogP contribution in [0.15, 0.2) is 221 Å². The van der Waals surface area contributed by atoms with Gasteiger partial charge in [0.2, 0.25) is 5.89 Å². The molecule has 0 aliphatic rings. The Morgan fingerprint density at radius 1 is 0.417 bits per heavy atom. The number of fused-ring (bicyclic) bond motifs is 8. The van der Waals surface area contributed by atoms with Gasteiger partial charge in [-0.2, -0.15) is 0 Å². The van der Waals surface area contributed by atoms with Crippen molar-refractivity contribution in [3.05, 3.63) is 212 Å². The third-order valence-electron chi connectivity index (χ3n) is 11.6. The highest BCUT2D eigenvalue weighted by atomic mass is 16.4. The van der Waals surface area contributed by atoms with Crippen LogP contribution in [0.5, 0.6) is 0 Å². The van der Waals surface area contributed by atoms with E-state index in [0.717, 1.165) is 78.0 Å². The molecule has 0 atom stereocenters. The van der Waals surface area contributed by atoms with Crippen molar-refractivity contribution in [1.29, 1.82) is 0 Å². The van der Waals surface area contributed by atoms with Gasteiger partial charge < -0.3 is 18.3 Å². The standard InChI is InChI=1S/C55H35N3O2/c1-4-13-36(14-5-1)37-23-28-42(29-24-37)57(49-22-12-20-45-44-19-10-11-21-48(44)58(53(45)49)41-17-8-3-9-18-41)43-30-25-38(26-31-43)40-27-32-46-51(35-40)59-50-34-33-47-54(52(46)50)60-55(56-47)39-15-6-2-7-16-39/h1-35H. The molecule has 0 unspecified atom stereocenters. The van der Waals surface area contributed by atoms with Crippen molar-refractivity contribution in [3.8, 4) is 39.4 Å². The maximum atomic E-state index is 6.47. The molecule has 0 amide bonds. The molecule has 9 aromatic carbocycles. The van der Waals surface area contributed by atoms with E-state index < -0.39 is 0 Å². The highest BCUT2D eigenvalue weighted by molar-refractivity contribution is 6.17. The van der Waals surface area contributed by atoms with E-state index in [1.807, 2.05) is 42.5 Å². The first-order valence-electron chi connectivity index (χ1n) is 20.2. The molecule has 3 aromatic heterocycles. The number of rotatable bonds is 7. The van der Waals surface area contributed by atoms with Gasteiger partial charge in [-0.1, -0.05) is 127 Å². The lowest BCUT2D eigenvalue weighted by molar-refractivity contribution is 0.622. The summed E-state index contributed by atoms with van der Waals surface area (Å²) in [5, 5.41) is 4.36. The Hall–Kier alpha value is -8.15. The molecule has 60 heavy (non-hydrogen) atoms. The third-order valence-corrected chi connectivity index (χ3v) is 11.6. The quantitative estimate of drug-likeness (QED) is 0.162. The van der Waals surface area contributed by atoms with E-state index in [1.165, 1.54) is 27.4 Å². The average Bonchev–Trinajstić information content (AvgIpc) is 4.03. The van der Waals surface area contributed by atoms with Crippen molar-refractivity contribution in [2.75, 3.05) is 4.90 Å². The van der Waals surface area contributed by atoms with E-state index in [2.05, 4.69) is 179 Å². The fourth-order valence-corrected chi connectivity index (χ4v) is 8.82. The van der Waals surface area contributed by atoms with Crippen LogP contribution in [0.25, 0.3) is 94.2 Å². The molecule has 282 valence electrons. The highest BCUT2D eigenvalue weighted by Gasteiger charge is 2.22. The number of furan rings is 1. The summed E-state index contributed by atoms with van der Waals surface area (Å²) >= 11 is 0. The van der Waals surface area contributed by atoms with Gasteiger partial charge in [-0.05, 0) is 107 Å². The van der Waals surface area contributed by atoms with Crippen molar-refractivity contribution in [3.63, 3.8) is 0 Å². The van der Waals surface area contributed by atoms with Crippen molar-refractivity contribution >= 4 is 71.9 Å². The lowest BCUT2D eigenvalue weighted by atomic mass is 10.0. The van der Waals surface area contributed by atoms with Gasteiger partial charge in [0.05, 0.1) is 22.1 Å². The van der Waals surface area contributed by atoms with Crippen LogP contribution in [0, 0.1) is 0 Å². The Morgan fingerprint density at radius 2 is 1.02 bits per heavy atom. The van der Waals surface area contributed by atoms with Gasteiger partial charge in [-0.25, -0.2) is 4.98 Å². The van der Waals surface area contributed by atoms with Crippen LogP contribution >= 0.6 is 0 Å². The molecule has 0 saturated heterocycles. The van der Waals surface area contributed by atoms with Crippen LogP contribution in [0.4, 0.5) is 17.1 Å². The summed E-state index contributed by atoms with van der Waals surface area (Å²) in [7, 11) is 0. The van der Waals surface area contributed by atoms with Gasteiger partial charge in [0, 0.05) is 38.8 Å². The Balaban J connectivity index is 0.987. The van der Waals surface area contributed by atoms with Crippen molar-refractivity contribution in [1.82, 2.24) is 9.55 Å². The first-order valence-corrected chi connectivity index (χ1v) is 20.2. The second kappa shape index (κ2) is 13.8. The number of anilines is 3. The predicted octanol–water partition coefficient (Wildman–Crippen LogP) is 15.3. The molecule has 12 aromatic rings. The number of oxazole rings is 1. The molecular formula is C55H35N3O2. The van der Waals surface area contributed by atoms with E-state index in [9.17, 15) is 0 Å². The number of nitrogens with zero attached hydrogens (tertiary/aromatic N) is 3. The van der Waals surface area contributed by atoms with E-state index in [-0.39, 0.29) is 0 Å². The summed E-state index contributed by atoms with van der Waals surface area (Å²) in [6.07, 6.45) is 0. The Labute approximate surface area is 345 Å². The van der Waals surface area contributed by atoms with E-state index in [0.29, 0.717) is 5.89 Å². The first kappa shape index (κ1) is 33.9. The summed E-state index contributed by atoms with van der Waals surface area (Å²) in [6, 6.07) is 74.7. The third kappa shape index (κ3) is 5.52. The van der Waals surface area contributed by atoms with Crippen LogP contribution in [-0.2, 0) is 0 Å². The molecule has 5 heteroatoms. The lowest BCUT2D eigenvalue weighted by Gasteiger charge is -2.27. The van der Waals surface area contributed by atoms with Crippen molar-refractivity contribution < 1.29 is 8.83 Å². The topological polar surface area (TPSA) is 47.3 Å². The molecule has 0 spiro atoms. The minimum absolute atomic E-state index is 0.600. The molecule has 12 rings (SSSR count). The monoisotopic (exact) mass is 769 g/mol. The normalized spacial score (nSPS) is 11.7. The van der Waals surface area contributed by atoms with Gasteiger partial charge in [-0.3, -0.25) is 0 Å². The fraction of sp³-hybridized carbons (Fsp3) is 0. The zero-order valence-electron chi connectivity index (χ0n) is 32.4. The molecule has 0 fully saturated rings. The molecular weight excluding hydrogens is 735 g/mol. The van der Waals surface area contributed by atoms with Crippen LogP contribution in [0.1, 0.15) is 0 Å². The molecule has 0 bridgehead atoms. The van der Waals surface area contributed by atoms with E-state index in [4.69, 9.17) is 13.8 Å². The van der Waals surface area contributed by atoms with Crippen LogP contribution in [-0.4, -0.2) is 9.55 Å². The van der Waals surface area contributed by atoms with E-state index in [1.54, 1.807) is 0 Å². The zero-order valence-corrected chi connectivity index (χ0v) is 32.4. The second-order valence-electron chi connectivity index (χ2n) is 15.1. The zero-order chi connectivity index (χ0) is 39.6. The lowest BCUT2D eigenvalue weighted by Crippen LogP contribution is -2.11. The number of hydrogen-bond acceptors (Lipinski definition) is 4. The number of benzene rings is 9. The Bertz CT molecular complexity index is 3510. The number of para-hydroxylation sites is 3. The number of aromatic nitrogens is 2. The SMILES string of the molecule is c1ccc(-c2ccc(N(c3ccc(-c4ccc5c(c4)oc4ccc6nc(-c7ccccc7)oc6c45)cc3)c3cccc4c5ccccc5n(-c5ccccc5)c34)cc2)cc1. The highest BCUT2D eigenvalue weighted by Crippen LogP contribution is 2.45. The van der Waals surface area contributed by atoms with Crippen molar-refractivity contribution in [2.45, 2.75) is 0 Å². The minimum Gasteiger partial charge on any atom is -0.456 e. The van der Waals surface area contributed by atoms with Crippen LogP contribution in [0.3, 0.4) is 0 Å². The Kier molecular flexibility index (Phi) is 7.78. The molecule has 0 N–H and O–H groups in total. The smallest absolute Gasteiger partial charge is 0.227 e. The first-order chi connectivity index (χ1) is 29.7. The predicted molar refractivity (Wildman–Crippen MR) is 247 cm³/mol. The molecule has 0 radical (unpaired) electrons. The van der Waals surface area contributed by atoms with Gasteiger partial charge in [0.25, 0.3) is 0 Å². The molecule has 0 saturated carbocycles. The maximum absolute atomic E-state index is 6.47. The second-order valence-corrected chi connectivity index (χ2v) is 15.1. The molecule has 0 aliphatic carbocycles. The summed E-state index contributed by atoms with van der Waals surface area (Å²) in [5.41, 5.74) is 15.2. The maximum Gasteiger partial charge on any atom is 0.227 e. The van der Waals surface area contributed by atoms with E-state index >= 15 is 0 Å². The van der Waals surface area contributed by atoms with Gasteiger partial charge in [-0.15, -0.1) is 0 Å². The summed E-state index contributed by atoms with van der Waals surface area (Å²) in [5.74, 6) is 0.600. The van der Waals surface area contributed by atoms with Gasteiger partial charge in [0.15, 0.2) is 5.58 Å². The van der Waals surface area contributed by atoms with Crippen LogP contribution < -0.4 is 4.90 Å². The number of hydrogen-bond donors (Lipinski definition) is 0. The Morgan fingerprint density at radius 3 is 1.75 bits per heavy atom. The average molecular weight is 770 g/mol. The molecule has 5 nitrogen and oxygen atoms in total. The molecule has 0 aliphatic heterocycles. The van der Waals surface area contributed by atoms with Crippen LogP contribution in [0.2, 0.25) is 0 Å². The fourth-order valence-electron chi connectivity index (χ4n) is 8.82. The molecule has 3 heterocycles. The van der Waals surface area contributed by atoms with Crippen molar-refractivity contribution in [2.24, 2.45) is 0 Å². The summed E-state index contributed by atoms with van der Waals surface area (Å²) in [6.45, 7) is 0. The largest absolute Gasteiger partial charge is 0.456 e. The van der Waals surface area contributed by atoms with Gasteiger partial charge in [0.1, 0.15) is 16.7 Å². The minimum atomic E-state index is 0.600. The summed E-state index contributed by atoms with van der Waals surface area (Å²) in [4.78, 5) is 7.19. The summed E-state index contributed by atoms with van der Waals surface area (Å²) < 4.78 is 15.3. The van der Waals surface area contributed by atoms with Gasteiger partial charge >= 0.3 is 0 Å².